The van der Waals surface area contributed by atoms with E-state index in [0.717, 1.165) is 35.5 Å². The SMILES string of the molecule is COc1ccc(CNCc2ccc(C(=O)O)cc2)cc1OC1CCCC1. The number of benzene rings is 2. The highest BCUT2D eigenvalue weighted by molar-refractivity contribution is 5.87. The minimum Gasteiger partial charge on any atom is -0.493 e. The van der Waals surface area contributed by atoms with Crippen molar-refractivity contribution in [2.45, 2.75) is 44.9 Å². The van der Waals surface area contributed by atoms with Gasteiger partial charge in [-0.2, -0.15) is 0 Å². The van der Waals surface area contributed by atoms with Gasteiger partial charge in [0.25, 0.3) is 0 Å². The lowest BCUT2D eigenvalue weighted by molar-refractivity contribution is 0.0697. The molecule has 0 saturated heterocycles. The Morgan fingerprint density at radius 3 is 2.35 bits per heavy atom. The van der Waals surface area contributed by atoms with Crippen LogP contribution in [0.5, 0.6) is 11.5 Å². The molecule has 5 heteroatoms. The van der Waals surface area contributed by atoms with Crippen LogP contribution in [0.1, 0.15) is 47.2 Å². The van der Waals surface area contributed by atoms with Gasteiger partial charge in [0.1, 0.15) is 0 Å². The van der Waals surface area contributed by atoms with Crippen molar-refractivity contribution in [3.05, 3.63) is 59.2 Å². The summed E-state index contributed by atoms with van der Waals surface area (Å²) in [5.74, 6) is 0.673. The third-order valence-corrected chi connectivity index (χ3v) is 4.68. The average Bonchev–Trinajstić information content (AvgIpc) is 3.15. The Bertz CT molecular complexity index is 736. The van der Waals surface area contributed by atoms with Crippen molar-refractivity contribution >= 4 is 5.97 Å². The number of carboxylic acid groups (broad SMARTS) is 1. The molecule has 0 aliphatic heterocycles. The van der Waals surface area contributed by atoms with Crippen LogP contribution in [0.15, 0.2) is 42.5 Å². The molecule has 2 N–H and O–H groups in total. The number of methoxy groups -OCH3 is 1. The van der Waals surface area contributed by atoms with Gasteiger partial charge in [-0.05, 0) is 61.1 Å². The van der Waals surface area contributed by atoms with E-state index in [1.54, 1.807) is 19.2 Å². The Balaban J connectivity index is 1.57. The molecule has 26 heavy (non-hydrogen) atoms. The summed E-state index contributed by atoms with van der Waals surface area (Å²) in [7, 11) is 1.66. The Hall–Kier alpha value is -2.53. The lowest BCUT2D eigenvalue weighted by atomic mass is 10.1. The second-order valence-electron chi connectivity index (χ2n) is 6.62. The molecule has 1 aliphatic carbocycles. The van der Waals surface area contributed by atoms with Gasteiger partial charge in [0.15, 0.2) is 11.5 Å². The van der Waals surface area contributed by atoms with Gasteiger partial charge in [0.2, 0.25) is 0 Å². The quantitative estimate of drug-likeness (QED) is 0.749. The van der Waals surface area contributed by atoms with Crippen molar-refractivity contribution in [3.63, 3.8) is 0 Å². The summed E-state index contributed by atoms with van der Waals surface area (Å²) in [5.41, 5.74) is 2.48. The number of ether oxygens (including phenoxy) is 2. The maximum absolute atomic E-state index is 10.9. The first-order valence-corrected chi connectivity index (χ1v) is 9.02. The average molecular weight is 355 g/mol. The van der Waals surface area contributed by atoms with Crippen molar-refractivity contribution in [1.82, 2.24) is 5.32 Å². The molecule has 0 heterocycles. The van der Waals surface area contributed by atoms with Crippen LogP contribution < -0.4 is 14.8 Å². The van der Waals surface area contributed by atoms with Crippen LogP contribution >= 0.6 is 0 Å². The van der Waals surface area contributed by atoms with Gasteiger partial charge in [-0.1, -0.05) is 18.2 Å². The van der Waals surface area contributed by atoms with Crippen LogP contribution in [0.4, 0.5) is 0 Å². The zero-order valence-corrected chi connectivity index (χ0v) is 15.0. The molecule has 2 aromatic carbocycles. The third-order valence-electron chi connectivity index (χ3n) is 4.68. The van der Waals surface area contributed by atoms with E-state index in [1.807, 2.05) is 30.3 Å². The van der Waals surface area contributed by atoms with E-state index in [9.17, 15) is 4.79 Å². The number of carboxylic acids is 1. The lowest BCUT2D eigenvalue weighted by Gasteiger charge is -2.17. The van der Waals surface area contributed by atoms with Crippen LogP contribution in [0.2, 0.25) is 0 Å². The van der Waals surface area contributed by atoms with Crippen LogP contribution in [0.25, 0.3) is 0 Å². The zero-order chi connectivity index (χ0) is 18.4. The Morgan fingerprint density at radius 1 is 1.04 bits per heavy atom. The summed E-state index contributed by atoms with van der Waals surface area (Å²) >= 11 is 0. The number of rotatable bonds is 8. The number of hydrogen-bond donors (Lipinski definition) is 2. The van der Waals surface area contributed by atoms with Crippen molar-refractivity contribution in [2.24, 2.45) is 0 Å². The van der Waals surface area contributed by atoms with E-state index in [4.69, 9.17) is 14.6 Å². The van der Waals surface area contributed by atoms with Crippen LogP contribution in [0, 0.1) is 0 Å². The first-order valence-electron chi connectivity index (χ1n) is 9.02. The normalized spacial score (nSPS) is 14.3. The van der Waals surface area contributed by atoms with Gasteiger partial charge in [0, 0.05) is 13.1 Å². The fraction of sp³-hybridized carbons (Fsp3) is 0.381. The number of aromatic carboxylic acids is 1. The second kappa shape index (κ2) is 8.72. The molecule has 1 fully saturated rings. The Kier molecular flexibility index (Phi) is 6.12. The molecule has 0 spiro atoms. The van der Waals surface area contributed by atoms with Gasteiger partial charge in [-0.15, -0.1) is 0 Å². The van der Waals surface area contributed by atoms with Crippen molar-refractivity contribution in [3.8, 4) is 11.5 Å². The summed E-state index contributed by atoms with van der Waals surface area (Å²) in [6, 6.07) is 12.9. The highest BCUT2D eigenvalue weighted by Gasteiger charge is 2.18. The van der Waals surface area contributed by atoms with E-state index in [1.165, 1.54) is 12.8 Å². The highest BCUT2D eigenvalue weighted by Crippen LogP contribution is 2.32. The predicted octanol–water partition coefficient (Wildman–Crippen LogP) is 4.00. The van der Waals surface area contributed by atoms with Crippen molar-refractivity contribution in [1.29, 1.82) is 0 Å². The number of hydrogen-bond acceptors (Lipinski definition) is 4. The van der Waals surface area contributed by atoms with Crippen LogP contribution in [-0.4, -0.2) is 24.3 Å². The molecule has 5 nitrogen and oxygen atoms in total. The van der Waals surface area contributed by atoms with Crippen molar-refractivity contribution < 1.29 is 19.4 Å². The van der Waals surface area contributed by atoms with E-state index in [2.05, 4.69) is 5.32 Å². The molecule has 138 valence electrons. The molecular weight excluding hydrogens is 330 g/mol. The summed E-state index contributed by atoms with van der Waals surface area (Å²) in [4.78, 5) is 10.9. The minimum atomic E-state index is -0.905. The van der Waals surface area contributed by atoms with Gasteiger partial charge >= 0.3 is 5.97 Å². The summed E-state index contributed by atoms with van der Waals surface area (Å²) in [6.07, 6.45) is 4.97. The zero-order valence-electron chi connectivity index (χ0n) is 15.0. The first-order chi connectivity index (χ1) is 12.7. The third kappa shape index (κ3) is 4.76. The van der Waals surface area contributed by atoms with Crippen LogP contribution in [-0.2, 0) is 13.1 Å². The van der Waals surface area contributed by atoms with Gasteiger partial charge < -0.3 is 19.9 Å². The molecule has 3 rings (SSSR count). The standard InChI is InChI=1S/C21H25NO4/c1-25-19-11-8-16(12-20(19)26-18-4-2-3-5-18)14-22-13-15-6-9-17(10-7-15)21(23)24/h6-12,18,22H,2-5,13-14H2,1H3,(H,23,24). The molecule has 1 aliphatic rings. The Labute approximate surface area is 153 Å². The number of carbonyl (C=O) groups is 1. The molecule has 0 amide bonds. The molecule has 0 bridgehead atoms. The van der Waals surface area contributed by atoms with Gasteiger partial charge in [0.05, 0.1) is 18.8 Å². The highest BCUT2D eigenvalue weighted by atomic mass is 16.5. The molecular formula is C21H25NO4. The van der Waals surface area contributed by atoms with E-state index < -0.39 is 5.97 Å². The summed E-state index contributed by atoms with van der Waals surface area (Å²) in [5, 5.41) is 12.3. The lowest BCUT2D eigenvalue weighted by Crippen LogP contribution is -2.14. The van der Waals surface area contributed by atoms with Crippen molar-refractivity contribution in [2.75, 3.05) is 7.11 Å². The molecule has 1 saturated carbocycles. The van der Waals surface area contributed by atoms with E-state index in [-0.39, 0.29) is 0 Å². The predicted molar refractivity (Wildman–Crippen MR) is 99.8 cm³/mol. The molecule has 0 unspecified atom stereocenters. The van der Waals surface area contributed by atoms with Crippen LogP contribution in [0.3, 0.4) is 0 Å². The topological polar surface area (TPSA) is 67.8 Å². The summed E-state index contributed by atoms with van der Waals surface area (Å²) < 4.78 is 11.6. The second-order valence-corrected chi connectivity index (χ2v) is 6.62. The molecule has 0 radical (unpaired) electrons. The molecule has 0 aromatic heterocycles. The van der Waals surface area contributed by atoms with Gasteiger partial charge in [-0.25, -0.2) is 4.79 Å². The van der Waals surface area contributed by atoms with E-state index >= 15 is 0 Å². The van der Waals surface area contributed by atoms with Gasteiger partial charge in [-0.3, -0.25) is 0 Å². The first kappa shape index (κ1) is 18.3. The smallest absolute Gasteiger partial charge is 0.335 e. The largest absolute Gasteiger partial charge is 0.493 e. The molecule has 2 aromatic rings. The fourth-order valence-corrected chi connectivity index (χ4v) is 3.23. The monoisotopic (exact) mass is 355 g/mol. The fourth-order valence-electron chi connectivity index (χ4n) is 3.23. The minimum absolute atomic E-state index is 0.292. The maximum atomic E-state index is 10.9. The van der Waals surface area contributed by atoms with E-state index in [0.29, 0.717) is 24.8 Å². The maximum Gasteiger partial charge on any atom is 0.335 e. The Morgan fingerprint density at radius 2 is 1.69 bits per heavy atom. The number of nitrogens with one attached hydrogen (secondary N) is 1. The molecule has 0 atom stereocenters. The summed E-state index contributed by atoms with van der Waals surface area (Å²) in [6.45, 7) is 1.37.